The van der Waals surface area contributed by atoms with E-state index >= 15 is 0 Å². The number of nitrogens with zero attached hydrogens (tertiary/aromatic N) is 1. The molecule has 0 atom stereocenters. The van der Waals surface area contributed by atoms with Gasteiger partial charge in [0.25, 0.3) is 0 Å². The first-order chi connectivity index (χ1) is 11.7. The molecule has 0 aliphatic heterocycles. The van der Waals surface area contributed by atoms with Crippen molar-refractivity contribution in [2.45, 2.75) is 57.8 Å². The number of hydrogen-bond donors (Lipinski definition) is 0. The van der Waals surface area contributed by atoms with Gasteiger partial charge in [0.15, 0.2) is 0 Å². The number of carbonyl (C=O) groups excluding carboxylic acids is 1. The molecule has 2 fully saturated rings. The topological polar surface area (TPSA) is 38.7 Å². The zero-order valence-corrected chi connectivity index (χ0v) is 14.7. The Hall–Kier alpha value is -1.61. The van der Waals surface area contributed by atoms with E-state index in [0.29, 0.717) is 0 Å². The maximum atomic E-state index is 12.2. The summed E-state index contributed by atoms with van der Waals surface area (Å²) >= 11 is 5.94. The highest BCUT2D eigenvalue weighted by Gasteiger charge is 2.23. The predicted molar refractivity (Wildman–Crippen MR) is 98.0 cm³/mol. The molecule has 0 heterocycles. The van der Waals surface area contributed by atoms with Crippen LogP contribution in [0.25, 0.3) is 6.08 Å². The number of allylic oxidation sites excluding steroid dienone is 1. The quantitative estimate of drug-likeness (QED) is 0.514. The van der Waals surface area contributed by atoms with Crippen molar-refractivity contribution in [3.8, 4) is 0 Å². The van der Waals surface area contributed by atoms with Gasteiger partial charge in [-0.15, -0.1) is 0 Å². The average molecular weight is 346 g/mol. The summed E-state index contributed by atoms with van der Waals surface area (Å²) in [4.78, 5) is 17.5. The Labute approximate surface area is 148 Å². The van der Waals surface area contributed by atoms with Crippen LogP contribution in [0.4, 0.5) is 0 Å². The second kappa shape index (κ2) is 8.48. The zero-order valence-electron chi connectivity index (χ0n) is 14.0. The molecule has 3 rings (SSSR count). The Morgan fingerprint density at radius 3 is 2.50 bits per heavy atom. The van der Waals surface area contributed by atoms with Crippen molar-refractivity contribution in [2.24, 2.45) is 11.1 Å². The second-order valence-electron chi connectivity index (χ2n) is 6.71. The smallest absolute Gasteiger partial charge is 0.318 e. The summed E-state index contributed by atoms with van der Waals surface area (Å²) in [6.07, 6.45) is 11.6. The highest BCUT2D eigenvalue weighted by atomic mass is 35.5. The van der Waals surface area contributed by atoms with E-state index in [4.69, 9.17) is 16.4 Å². The molecule has 4 heteroatoms. The Morgan fingerprint density at radius 1 is 1.04 bits per heavy atom. The lowest BCUT2D eigenvalue weighted by atomic mass is 9.89. The highest BCUT2D eigenvalue weighted by molar-refractivity contribution is 6.30. The van der Waals surface area contributed by atoms with Crippen LogP contribution >= 0.6 is 11.6 Å². The van der Waals surface area contributed by atoms with E-state index < -0.39 is 0 Å². The van der Waals surface area contributed by atoms with Crippen LogP contribution in [0.2, 0.25) is 5.02 Å². The van der Waals surface area contributed by atoms with Gasteiger partial charge in [0.2, 0.25) is 0 Å². The van der Waals surface area contributed by atoms with Gasteiger partial charge in [0.1, 0.15) is 0 Å². The van der Waals surface area contributed by atoms with Crippen molar-refractivity contribution >= 4 is 29.4 Å². The maximum Gasteiger partial charge on any atom is 0.338 e. The predicted octanol–water partition coefficient (Wildman–Crippen LogP) is 5.78. The molecule has 0 bridgehead atoms. The number of carbonyl (C=O) groups is 1. The fourth-order valence-electron chi connectivity index (χ4n) is 3.45. The van der Waals surface area contributed by atoms with Gasteiger partial charge in [-0.2, -0.15) is 0 Å². The third kappa shape index (κ3) is 4.70. The van der Waals surface area contributed by atoms with Crippen LogP contribution in [0.1, 0.15) is 63.4 Å². The van der Waals surface area contributed by atoms with E-state index in [0.717, 1.165) is 67.7 Å². The number of halogens is 1. The minimum Gasteiger partial charge on any atom is -0.318 e. The monoisotopic (exact) mass is 345 g/mol. The van der Waals surface area contributed by atoms with Crippen molar-refractivity contribution in [2.75, 3.05) is 0 Å². The molecule has 2 saturated carbocycles. The molecule has 0 N–H and O–H groups in total. The van der Waals surface area contributed by atoms with Gasteiger partial charge in [-0.25, -0.2) is 4.79 Å². The molecule has 0 radical (unpaired) electrons. The maximum absolute atomic E-state index is 12.2. The number of oxime groups is 1. The van der Waals surface area contributed by atoms with E-state index in [9.17, 15) is 4.79 Å². The molecule has 1 aromatic carbocycles. The van der Waals surface area contributed by atoms with E-state index in [1.165, 1.54) is 12.0 Å². The minimum atomic E-state index is -0.154. The summed E-state index contributed by atoms with van der Waals surface area (Å²) in [7, 11) is 0. The molecule has 128 valence electrons. The van der Waals surface area contributed by atoms with E-state index in [1.54, 1.807) is 0 Å². The van der Waals surface area contributed by atoms with Crippen LogP contribution in [0.3, 0.4) is 0 Å². The minimum absolute atomic E-state index is 0.0374. The fraction of sp³-hybridized carbons (Fsp3) is 0.500. The normalized spacial score (nSPS) is 22.7. The summed E-state index contributed by atoms with van der Waals surface area (Å²) in [5.41, 5.74) is 3.18. The fourth-order valence-corrected chi connectivity index (χ4v) is 3.57. The van der Waals surface area contributed by atoms with Gasteiger partial charge < -0.3 is 4.84 Å². The molecule has 0 unspecified atom stereocenters. The average Bonchev–Trinajstić information content (AvgIpc) is 2.63. The van der Waals surface area contributed by atoms with Crippen molar-refractivity contribution < 1.29 is 9.63 Å². The first-order valence-electron chi connectivity index (χ1n) is 8.96. The zero-order chi connectivity index (χ0) is 16.8. The molecule has 0 saturated heterocycles. The van der Waals surface area contributed by atoms with Crippen molar-refractivity contribution in [1.82, 2.24) is 0 Å². The molecule has 0 amide bonds. The third-order valence-corrected chi connectivity index (χ3v) is 5.13. The summed E-state index contributed by atoms with van der Waals surface area (Å²) < 4.78 is 0. The van der Waals surface area contributed by atoms with Crippen molar-refractivity contribution in [1.29, 1.82) is 0 Å². The lowest BCUT2D eigenvalue weighted by molar-refractivity contribution is -0.149. The van der Waals surface area contributed by atoms with Crippen LogP contribution in [0.5, 0.6) is 0 Å². The standard InChI is InChI=1S/C20H24ClNO2/c21-18-12-10-15(11-13-18)14-17-8-4-5-9-19(17)22-24-20(23)16-6-2-1-3-7-16/h10-14,16H,1-9H2. The molecule has 3 nitrogen and oxygen atoms in total. The summed E-state index contributed by atoms with van der Waals surface area (Å²) in [5, 5.41) is 4.96. The van der Waals surface area contributed by atoms with Gasteiger partial charge in [-0.1, -0.05) is 48.2 Å². The second-order valence-corrected chi connectivity index (χ2v) is 7.15. The number of rotatable bonds is 3. The first kappa shape index (κ1) is 17.2. The molecule has 2 aliphatic rings. The molecular weight excluding hydrogens is 322 g/mol. The first-order valence-corrected chi connectivity index (χ1v) is 9.34. The largest absolute Gasteiger partial charge is 0.338 e. The number of hydrogen-bond acceptors (Lipinski definition) is 3. The molecule has 24 heavy (non-hydrogen) atoms. The van der Waals surface area contributed by atoms with Gasteiger partial charge in [0.05, 0.1) is 11.6 Å². The molecule has 0 aromatic heterocycles. The van der Waals surface area contributed by atoms with Crippen molar-refractivity contribution in [3.63, 3.8) is 0 Å². The van der Waals surface area contributed by atoms with Gasteiger partial charge in [-0.05, 0) is 67.9 Å². The van der Waals surface area contributed by atoms with Crippen LogP contribution in [-0.2, 0) is 9.63 Å². The van der Waals surface area contributed by atoms with Crippen molar-refractivity contribution in [3.05, 3.63) is 40.4 Å². The Kier molecular flexibility index (Phi) is 6.08. The summed E-state index contributed by atoms with van der Waals surface area (Å²) in [6.45, 7) is 0. The van der Waals surface area contributed by atoms with E-state index in [1.807, 2.05) is 24.3 Å². The Balaban J connectivity index is 1.69. The SMILES string of the molecule is O=C(ON=C1CCCCC1=Cc1ccc(Cl)cc1)C1CCCCC1. The van der Waals surface area contributed by atoms with Crippen LogP contribution in [-0.4, -0.2) is 11.7 Å². The Morgan fingerprint density at radius 2 is 1.75 bits per heavy atom. The molecule has 1 aromatic rings. The van der Waals surface area contributed by atoms with Crippen LogP contribution in [0.15, 0.2) is 35.0 Å². The van der Waals surface area contributed by atoms with Gasteiger partial charge in [-0.3, -0.25) is 0 Å². The van der Waals surface area contributed by atoms with E-state index in [-0.39, 0.29) is 11.9 Å². The Bertz CT molecular complexity index is 628. The van der Waals surface area contributed by atoms with Gasteiger partial charge in [0, 0.05) is 5.02 Å². The van der Waals surface area contributed by atoms with Crippen LogP contribution in [0, 0.1) is 5.92 Å². The lowest BCUT2D eigenvalue weighted by Crippen LogP contribution is -2.20. The third-order valence-electron chi connectivity index (χ3n) is 4.88. The van der Waals surface area contributed by atoms with E-state index in [2.05, 4.69) is 11.2 Å². The number of benzene rings is 1. The molecule has 0 spiro atoms. The highest BCUT2D eigenvalue weighted by Crippen LogP contribution is 2.26. The van der Waals surface area contributed by atoms with Crippen LogP contribution < -0.4 is 0 Å². The summed E-state index contributed by atoms with van der Waals surface area (Å²) in [5.74, 6) is -0.117. The molecular formula is C20H24ClNO2. The molecule has 2 aliphatic carbocycles. The van der Waals surface area contributed by atoms with Gasteiger partial charge >= 0.3 is 5.97 Å². The lowest BCUT2D eigenvalue weighted by Gasteiger charge is -2.19. The summed E-state index contributed by atoms with van der Waals surface area (Å²) in [6, 6.07) is 7.76.